The Morgan fingerprint density at radius 1 is 1.53 bits per heavy atom. The fourth-order valence-corrected chi connectivity index (χ4v) is 2.72. The standard InChI is InChI=1S/C13H22N2O4/c1-13(2)9-15(6-10(8-16)19-13)12(18)7-14-5-3-4-11(14)17/h10,16H,3-9H2,1-2H3. The van der Waals surface area contributed by atoms with Crippen LogP contribution in [0.1, 0.15) is 26.7 Å². The molecular formula is C13H22N2O4. The van der Waals surface area contributed by atoms with Crippen molar-refractivity contribution in [1.29, 1.82) is 0 Å². The normalized spacial score (nSPS) is 26.9. The van der Waals surface area contributed by atoms with Crippen LogP contribution in [0, 0.1) is 0 Å². The minimum atomic E-state index is -0.462. The fourth-order valence-electron chi connectivity index (χ4n) is 2.72. The van der Waals surface area contributed by atoms with Crippen molar-refractivity contribution < 1.29 is 19.4 Å². The van der Waals surface area contributed by atoms with E-state index in [2.05, 4.69) is 0 Å². The largest absolute Gasteiger partial charge is 0.394 e. The molecule has 2 amide bonds. The lowest BCUT2D eigenvalue weighted by Crippen LogP contribution is -2.57. The first-order valence-electron chi connectivity index (χ1n) is 6.75. The molecule has 2 saturated heterocycles. The molecule has 0 bridgehead atoms. The number of hydrogen-bond acceptors (Lipinski definition) is 4. The Hall–Kier alpha value is -1.14. The number of aliphatic hydroxyl groups is 1. The van der Waals surface area contributed by atoms with E-state index < -0.39 is 5.60 Å². The van der Waals surface area contributed by atoms with Crippen LogP contribution in [-0.4, -0.2) is 71.2 Å². The van der Waals surface area contributed by atoms with Crippen LogP contribution in [0.25, 0.3) is 0 Å². The van der Waals surface area contributed by atoms with Crippen molar-refractivity contribution in [3.8, 4) is 0 Å². The van der Waals surface area contributed by atoms with E-state index in [4.69, 9.17) is 4.74 Å². The fraction of sp³-hybridized carbons (Fsp3) is 0.846. The molecular weight excluding hydrogens is 248 g/mol. The SMILES string of the molecule is CC1(C)CN(C(=O)CN2CCCC2=O)CC(CO)O1. The number of hydrogen-bond donors (Lipinski definition) is 1. The zero-order chi connectivity index (χ0) is 14.0. The Kier molecular flexibility index (Phi) is 4.10. The monoisotopic (exact) mass is 270 g/mol. The van der Waals surface area contributed by atoms with Gasteiger partial charge in [0.15, 0.2) is 0 Å². The average Bonchev–Trinajstić information content (AvgIpc) is 2.73. The number of aliphatic hydroxyl groups excluding tert-OH is 1. The van der Waals surface area contributed by atoms with Gasteiger partial charge in [-0.2, -0.15) is 0 Å². The molecule has 1 atom stereocenters. The first-order chi connectivity index (χ1) is 8.91. The predicted octanol–water partition coefficient (Wildman–Crippen LogP) is -0.393. The summed E-state index contributed by atoms with van der Waals surface area (Å²) >= 11 is 0. The quantitative estimate of drug-likeness (QED) is 0.758. The van der Waals surface area contributed by atoms with Crippen molar-refractivity contribution in [3.05, 3.63) is 0 Å². The molecule has 2 rings (SSSR count). The third kappa shape index (κ3) is 3.45. The van der Waals surface area contributed by atoms with Gasteiger partial charge in [0.1, 0.15) is 0 Å². The van der Waals surface area contributed by atoms with Gasteiger partial charge in [0.2, 0.25) is 11.8 Å². The second-order valence-electron chi connectivity index (χ2n) is 5.88. The summed E-state index contributed by atoms with van der Waals surface area (Å²) in [5.41, 5.74) is -0.462. The first-order valence-corrected chi connectivity index (χ1v) is 6.75. The summed E-state index contributed by atoms with van der Waals surface area (Å²) in [5, 5.41) is 9.22. The molecule has 108 valence electrons. The predicted molar refractivity (Wildman–Crippen MR) is 68.4 cm³/mol. The van der Waals surface area contributed by atoms with Gasteiger partial charge in [0, 0.05) is 26.1 Å². The number of morpholine rings is 1. The smallest absolute Gasteiger partial charge is 0.242 e. The number of nitrogens with zero attached hydrogens (tertiary/aromatic N) is 2. The summed E-state index contributed by atoms with van der Waals surface area (Å²) in [7, 11) is 0. The van der Waals surface area contributed by atoms with Crippen LogP contribution >= 0.6 is 0 Å². The van der Waals surface area contributed by atoms with Crippen LogP contribution < -0.4 is 0 Å². The third-order valence-corrected chi connectivity index (χ3v) is 3.54. The lowest BCUT2D eigenvalue weighted by molar-refractivity contribution is -0.168. The molecule has 0 aliphatic carbocycles. The third-order valence-electron chi connectivity index (χ3n) is 3.54. The van der Waals surface area contributed by atoms with E-state index in [9.17, 15) is 14.7 Å². The van der Waals surface area contributed by atoms with Gasteiger partial charge in [-0.15, -0.1) is 0 Å². The van der Waals surface area contributed by atoms with Crippen molar-refractivity contribution in [2.45, 2.75) is 38.4 Å². The number of carbonyl (C=O) groups is 2. The van der Waals surface area contributed by atoms with Gasteiger partial charge in [0.25, 0.3) is 0 Å². The van der Waals surface area contributed by atoms with Gasteiger partial charge in [-0.25, -0.2) is 0 Å². The summed E-state index contributed by atoms with van der Waals surface area (Å²) in [6, 6.07) is 0. The molecule has 19 heavy (non-hydrogen) atoms. The maximum Gasteiger partial charge on any atom is 0.242 e. The molecule has 2 heterocycles. The van der Waals surface area contributed by atoms with Gasteiger partial charge >= 0.3 is 0 Å². The highest BCUT2D eigenvalue weighted by molar-refractivity contribution is 5.86. The molecule has 0 radical (unpaired) electrons. The van der Waals surface area contributed by atoms with E-state index in [-0.39, 0.29) is 31.1 Å². The summed E-state index contributed by atoms with van der Waals surface area (Å²) in [4.78, 5) is 27.1. The molecule has 6 heteroatoms. The average molecular weight is 270 g/mol. The van der Waals surface area contributed by atoms with E-state index in [1.54, 1.807) is 9.80 Å². The molecule has 0 aromatic carbocycles. The number of amides is 2. The highest BCUT2D eigenvalue weighted by Gasteiger charge is 2.36. The van der Waals surface area contributed by atoms with E-state index in [1.807, 2.05) is 13.8 Å². The molecule has 0 aromatic rings. The zero-order valence-electron chi connectivity index (χ0n) is 11.6. The van der Waals surface area contributed by atoms with Gasteiger partial charge < -0.3 is 19.6 Å². The summed E-state index contributed by atoms with van der Waals surface area (Å²) < 4.78 is 5.67. The molecule has 2 aliphatic rings. The molecule has 1 unspecified atom stereocenters. The maximum absolute atomic E-state index is 12.2. The summed E-state index contributed by atoms with van der Waals surface area (Å²) in [6.45, 7) is 5.39. The van der Waals surface area contributed by atoms with Crippen molar-refractivity contribution in [2.75, 3.05) is 32.8 Å². The van der Waals surface area contributed by atoms with Crippen LogP contribution in [0.2, 0.25) is 0 Å². The molecule has 0 saturated carbocycles. The number of rotatable bonds is 3. The Morgan fingerprint density at radius 2 is 2.26 bits per heavy atom. The summed E-state index contributed by atoms with van der Waals surface area (Å²) in [5.74, 6) is -0.00958. The molecule has 1 N–H and O–H groups in total. The van der Waals surface area contributed by atoms with E-state index in [1.165, 1.54) is 0 Å². The van der Waals surface area contributed by atoms with Crippen molar-refractivity contribution in [2.24, 2.45) is 0 Å². The van der Waals surface area contributed by atoms with Gasteiger partial charge in [0.05, 0.1) is 24.9 Å². The molecule has 6 nitrogen and oxygen atoms in total. The highest BCUT2D eigenvalue weighted by Crippen LogP contribution is 2.21. The van der Waals surface area contributed by atoms with Crippen molar-refractivity contribution in [1.82, 2.24) is 9.80 Å². The maximum atomic E-state index is 12.2. The second-order valence-corrected chi connectivity index (χ2v) is 5.88. The second kappa shape index (κ2) is 5.46. The van der Waals surface area contributed by atoms with Crippen LogP contribution in [0.3, 0.4) is 0 Å². The Bertz CT molecular complexity index is 370. The molecule has 2 fully saturated rings. The van der Waals surface area contributed by atoms with Crippen LogP contribution in [0.4, 0.5) is 0 Å². The van der Waals surface area contributed by atoms with Gasteiger partial charge in [-0.1, -0.05) is 0 Å². The molecule has 2 aliphatic heterocycles. The van der Waals surface area contributed by atoms with Gasteiger partial charge in [-0.05, 0) is 20.3 Å². The minimum absolute atomic E-state index is 0.0552. The van der Waals surface area contributed by atoms with Crippen LogP contribution in [0.5, 0.6) is 0 Å². The van der Waals surface area contributed by atoms with Crippen LogP contribution in [-0.2, 0) is 14.3 Å². The number of ether oxygens (including phenoxy) is 1. The van der Waals surface area contributed by atoms with Crippen LogP contribution in [0.15, 0.2) is 0 Å². The Balaban J connectivity index is 1.96. The van der Waals surface area contributed by atoms with Gasteiger partial charge in [-0.3, -0.25) is 9.59 Å². The zero-order valence-corrected chi connectivity index (χ0v) is 11.6. The van der Waals surface area contributed by atoms with Crippen molar-refractivity contribution >= 4 is 11.8 Å². The first kappa shape index (κ1) is 14.3. The Labute approximate surface area is 113 Å². The van der Waals surface area contributed by atoms with E-state index in [0.717, 1.165) is 6.42 Å². The summed E-state index contributed by atoms with van der Waals surface area (Å²) in [6.07, 6.45) is 1.03. The van der Waals surface area contributed by atoms with E-state index >= 15 is 0 Å². The number of carbonyl (C=O) groups excluding carboxylic acids is 2. The highest BCUT2D eigenvalue weighted by atomic mass is 16.5. The van der Waals surface area contributed by atoms with E-state index in [0.29, 0.717) is 26.1 Å². The lowest BCUT2D eigenvalue weighted by atomic mass is 10.1. The lowest BCUT2D eigenvalue weighted by Gasteiger charge is -2.42. The molecule has 0 aromatic heterocycles. The van der Waals surface area contributed by atoms with Crippen molar-refractivity contribution in [3.63, 3.8) is 0 Å². The molecule has 0 spiro atoms. The topological polar surface area (TPSA) is 70.1 Å². The minimum Gasteiger partial charge on any atom is -0.394 e. The number of likely N-dealkylation sites (tertiary alicyclic amines) is 1. The Morgan fingerprint density at radius 3 is 2.84 bits per heavy atom.